The van der Waals surface area contributed by atoms with Crippen LogP contribution in [0.3, 0.4) is 0 Å². The second-order valence-electron chi connectivity index (χ2n) is 4.26. The molecule has 0 heterocycles. The number of amides is 1. The lowest BCUT2D eigenvalue weighted by Crippen LogP contribution is -2.23. The molecule has 0 aromatic heterocycles. The highest BCUT2D eigenvalue weighted by Gasteiger charge is 2.11. The highest BCUT2D eigenvalue weighted by molar-refractivity contribution is 9.10. The van der Waals surface area contributed by atoms with E-state index in [0.29, 0.717) is 21.6 Å². The lowest BCUT2D eigenvalue weighted by Gasteiger charge is -2.08. The third-order valence-corrected chi connectivity index (χ3v) is 4.15. The van der Waals surface area contributed by atoms with Crippen LogP contribution < -0.4 is 5.32 Å². The van der Waals surface area contributed by atoms with E-state index in [1.54, 1.807) is 18.2 Å². The normalized spacial score (nSPS) is 10.3. The van der Waals surface area contributed by atoms with Gasteiger partial charge in [0.05, 0.1) is 17.2 Å². The molecule has 0 radical (unpaired) electrons. The van der Waals surface area contributed by atoms with Crippen molar-refractivity contribution in [2.45, 2.75) is 13.2 Å². The monoisotopic (exact) mass is 353 g/mol. The van der Waals surface area contributed by atoms with E-state index in [-0.39, 0.29) is 12.5 Å². The number of hydrogen-bond acceptors (Lipinski definition) is 2. The molecule has 0 atom stereocenters. The maximum absolute atomic E-state index is 12.1. The highest BCUT2D eigenvalue weighted by atomic mass is 79.9. The van der Waals surface area contributed by atoms with Gasteiger partial charge >= 0.3 is 0 Å². The van der Waals surface area contributed by atoms with Crippen LogP contribution in [0.2, 0.25) is 5.02 Å². The quantitative estimate of drug-likeness (QED) is 0.882. The first-order chi connectivity index (χ1) is 9.61. The molecule has 104 valence electrons. The standard InChI is InChI=1S/C15H13BrClNO2/c16-13-3-1-2-12(14(13)17)15(20)18-8-10-4-6-11(9-19)7-5-10/h1-7,19H,8-9H2,(H,18,20). The molecule has 0 aliphatic rings. The first-order valence-electron chi connectivity index (χ1n) is 6.02. The van der Waals surface area contributed by atoms with Crippen LogP contribution in [0.25, 0.3) is 0 Å². The molecular formula is C15H13BrClNO2. The van der Waals surface area contributed by atoms with Gasteiger partial charge in [-0.2, -0.15) is 0 Å². The third kappa shape index (κ3) is 3.60. The van der Waals surface area contributed by atoms with Crippen molar-refractivity contribution in [3.63, 3.8) is 0 Å². The van der Waals surface area contributed by atoms with Crippen molar-refractivity contribution in [2.24, 2.45) is 0 Å². The van der Waals surface area contributed by atoms with Gasteiger partial charge in [0.15, 0.2) is 0 Å². The van der Waals surface area contributed by atoms with E-state index < -0.39 is 0 Å². The molecule has 2 aromatic carbocycles. The smallest absolute Gasteiger partial charge is 0.253 e. The molecule has 1 amide bonds. The van der Waals surface area contributed by atoms with Crippen molar-refractivity contribution >= 4 is 33.4 Å². The van der Waals surface area contributed by atoms with E-state index in [4.69, 9.17) is 16.7 Å². The number of hydrogen-bond donors (Lipinski definition) is 2. The number of aliphatic hydroxyl groups excluding tert-OH is 1. The van der Waals surface area contributed by atoms with Gasteiger partial charge in [0.1, 0.15) is 0 Å². The molecular weight excluding hydrogens is 342 g/mol. The lowest BCUT2D eigenvalue weighted by atomic mass is 10.1. The van der Waals surface area contributed by atoms with Gasteiger partial charge in [-0.15, -0.1) is 0 Å². The molecule has 2 aromatic rings. The van der Waals surface area contributed by atoms with Crippen LogP contribution in [-0.4, -0.2) is 11.0 Å². The Hall–Kier alpha value is -1.36. The number of aliphatic hydroxyl groups is 1. The van der Waals surface area contributed by atoms with Crippen LogP contribution in [-0.2, 0) is 13.2 Å². The first kappa shape index (κ1) is 15.0. The second kappa shape index (κ2) is 6.88. The molecule has 5 heteroatoms. The number of nitrogens with one attached hydrogen (secondary N) is 1. The number of carbonyl (C=O) groups excluding carboxylic acids is 1. The molecule has 2 N–H and O–H groups in total. The predicted octanol–water partition coefficient (Wildman–Crippen LogP) is 3.52. The summed E-state index contributed by atoms with van der Waals surface area (Å²) in [6, 6.07) is 12.6. The SMILES string of the molecule is O=C(NCc1ccc(CO)cc1)c1cccc(Br)c1Cl. The summed E-state index contributed by atoms with van der Waals surface area (Å²) in [5.74, 6) is -0.220. The van der Waals surface area contributed by atoms with Crippen LogP contribution in [0.5, 0.6) is 0 Å². The number of halogens is 2. The van der Waals surface area contributed by atoms with Gasteiger partial charge in [0.25, 0.3) is 5.91 Å². The van der Waals surface area contributed by atoms with E-state index >= 15 is 0 Å². The Bertz CT molecular complexity index is 614. The largest absolute Gasteiger partial charge is 0.392 e. The van der Waals surface area contributed by atoms with Crippen LogP contribution in [0.1, 0.15) is 21.5 Å². The van der Waals surface area contributed by atoms with Crippen molar-refractivity contribution in [3.8, 4) is 0 Å². The van der Waals surface area contributed by atoms with E-state index in [2.05, 4.69) is 21.2 Å². The molecule has 0 saturated heterocycles. The Morgan fingerprint density at radius 3 is 2.45 bits per heavy atom. The Kier molecular flexibility index (Phi) is 5.17. The van der Waals surface area contributed by atoms with Crippen LogP contribution >= 0.6 is 27.5 Å². The van der Waals surface area contributed by atoms with E-state index in [1.165, 1.54) is 0 Å². The zero-order valence-electron chi connectivity index (χ0n) is 10.6. The summed E-state index contributed by atoms with van der Waals surface area (Å²) >= 11 is 9.36. The van der Waals surface area contributed by atoms with Gasteiger partial charge in [-0.05, 0) is 39.2 Å². The maximum atomic E-state index is 12.1. The van der Waals surface area contributed by atoms with E-state index in [0.717, 1.165) is 11.1 Å². The van der Waals surface area contributed by atoms with Gasteiger partial charge < -0.3 is 10.4 Å². The van der Waals surface area contributed by atoms with Crippen LogP contribution in [0, 0.1) is 0 Å². The topological polar surface area (TPSA) is 49.3 Å². The summed E-state index contributed by atoms with van der Waals surface area (Å²) in [5.41, 5.74) is 2.24. The zero-order chi connectivity index (χ0) is 14.5. The summed E-state index contributed by atoms with van der Waals surface area (Å²) < 4.78 is 0.694. The molecule has 20 heavy (non-hydrogen) atoms. The minimum absolute atomic E-state index is 0.0142. The first-order valence-corrected chi connectivity index (χ1v) is 7.20. The average molecular weight is 355 g/mol. The number of rotatable bonds is 4. The molecule has 0 aliphatic heterocycles. The number of benzene rings is 2. The Labute approximate surface area is 130 Å². The minimum atomic E-state index is -0.220. The van der Waals surface area contributed by atoms with Crippen LogP contribution in [0.4, 0.5) is 0 Å². The van der Waals surface area contributed by atoms with Crippen LogP contribution in [0.15, 0.2) is 46.9 Å². The fourth-order valence-corrected chi connectivity index (χ4v) is 2.30. The van der Waals surface area contributed by atoms with Crippen molar-refractivity contribution in [1.29, 1.82) is 0 Å². The number of carbonyl (C=O) groups is 1. The molecule has 0 saturated carbocycles. The summed E-state index contributed by atoms with van der Waals surface area (Å²) in [5, 5.41) is 12.2. The van der Waals surface area contributed by atoms with E-state index in [1.807, 2.05) is 24.3 Å². The summed E-state index contributed by atoms with van der Waals surface area (Å²) in [6.07, 6.45) is 0. The van der Waals surface area contributed by atoms with Crippen molar-refractivity contribution in [3.05, 3.63) is 68.7 Å². The fourth-order valence-electron chi connectivity index (χ4n) is 1.72. The lowest BCUT2D eigenvalue weighted by molar-refractivity contribution is 0.0951. The van der Waals surface area contributed by atoms with Crippen molar-refractivity contribution in [2.75, 3.05) is 0 Å². The molecule has 0 unspecified atom stereocenters. The summed E-state index contributed by atoms with van der Waals surface area (Å²) in [6.45, 7) is 0.424. The molecule has 2 rings (SSSR count). The molecule has 0 spiro atoms. The van der Waals surface area contributed by atoms with Gasteiger partial charge in [-0.25, -0.2) is 0 Å². The predicted molar refractivity (Wildman–Crippen MR) is 82.7 cm³/mol. The maximum Gasteiger partial charge on any atom is 0.253 e. The van der Waals surface area contributed by atoms with Gasteiger partial charge in [0, 0.05) is 11.0 Å². The molecule has 0 aliphatic carbocycles. The minimum Gasteiger partial charge on any atom is -0.392 e. The Morgan fingerprint density at radius 2 is 1.80 bits per heavy atom. The van der Waals surface area contributed by atoms with Gasteiger partial charge in [0.2, 0.25) is 0 Å². The fraction of sp³-hybridized carbons (Fsp3) is 0.133. The third-order valence-electron chi connectivity index (χ3n) is 2.85. The summed E-state index contributed by atoms with van der Waals surface area (Å²) in [7, 11) is 0. The Morgan fingerprint density at radius 1 is 1.15 bits per heavy atom. The average Bonchev–Trinajstić information content (AvgIpc) is 2.48. The van der Waals surface area contributed by atoms with Gasteiger partial charge in [-0.1, -0.05) is 41.9 Å². The Balaban J connectivity index is 2.02. The van der Waals surface area contributed by atoms with Crippen molar-refractivity contribution < 1.29 is 9.90 Å². The molecule has 3 nitrogen and oxygen atoms in total. The second-order valence-corrected chi connectivity index (χ2v) is 5.49. The van der Waals surface area contributed by atoms with E-state index in [9.17, 15) is 4.79 Å². The molecule has 0 bridgehead atoms. The molecule has 0 fully saturated rings. The highest BCUT2D eigenvalue weighted by Crippen LogP contribution is 2.25. The zero-order valence-corrected chi connectivity index (χ0v) is 12.9. The summed E-state index contributed by atoms with van der Waals surface area (Å²) in [4.78, 5) is 12.1. The van der Waals surface area contributed by atoms with Crippen molar-refractivity contribution in [1.82, 2.24) is 5.32 Å². The van der Waals surface area contributed by atoms with Gasteiger partial charge in [-0.3, -0.25) is 4.79 Å².